The molecule has 0 fully saturated rings. The van der Waals surface area contributed by atoms with Crippen molar-refractivity contribution in [2.75, 3.05) is 17.6 Å². The number of benzene rings is 1. The zero-order valence-electron chi connectivity index (χ0n) is 6.91. The fraction of sp³-hybridized carbons (Fsp3) is 0.222. The van der Waals surface area contributed by atoms with Crippen molar-refractivity contribution in [2.24, 2.45) is 0 Å². The molecule has 0 aliphatic carbocycles. The molecule has 1 aliphatic rings. The van der Waals surface area contributed by atoms with E-state index in [2.05, 4.69) is 5.32 Å². The first-order valence-corrected chi connectivity index (χ1v) is 5.00. The standard InChI is InChI=1S/C9H9NO2S/c11-9(12)6-2-1-3-7-8(6)10-4-5-13-7/h1-3,10H,4-5H2,(H,11,12). The molecule has 0 bridgehead atoms. The first-order chi connectivity index (χ1) is 6.29. The second-order valence-electron chi connectivity index (χ2n) is 2.76. The van der Waals surface area contributed by atoms with Gasteiger partial charge in [-0.1, -0.05) is 6.07 Å². The van der Waals surface area contributed by atoms with Crippen molar-refractivity contribution in [3.05, 3.63) is 23.8 Å². The van der Waals surface area contributed by atoms with Gasteiger partial charge in [-0.2, -0.15) is 0 Å². The van der Waals surface area contributed by atoms with Crippen molar-refractivity contribution in [3.63, 3.8) is 0 Å². The maximum Gasteiger partial charge on any atom is 0.337 e. The molecule has 68 valence electrons. The zero-order chi connectivity index (χ0) is 9.26. The Balaban J connectivity index is 2.52. The molecule has 0 unspecified atom stereocenters. The number of thioether (sulfide) groups is 1. The minimum atomic E-state index is -0.869. The van der Waals surface area contributed by atoms with Crippen molar-refractivity contribution in [2.45, 2.75) is 4.90 Å². The Labute approximate surface area is 80.1 Å². The number of carboxylic acids is 1. The Bertz CT molecular complexity index is 351. The summed E-state index contributed by atoms with van der Waals surface area (Å²) in [6.07, 6.45) is 0. The molecule has 1 aromatic rings. The first-order valence-electron chi connectivity index (χ1n) is 4.02. The van der Waals surface area contributed by atoms with Crippen molar-refractivity contribution in [1.29, 1.82) is 0 Å². The van der Waals surface area contributed by atoms with Gasteiger partial charge in [0.2, 0.25) is 0 Å². The van der Waals surface area contributed by atoms with Crippen LogP contribution in [-0.4, -0.2) is 23.4 Å². The summed E-state index contributed by atoms with van der Waals surface area (Å²) in [5.74, 6) is 0.127. The molecular formula is C9H9NO2S. The summed E-state index contributed by atoms with van der Waals surface area (Å²) in [5, 5.41) is 12.0. The topological polar surface area (TPSA) is 49.3 Å². The predicted octanol–water partition coefficient (Wildman–Crippen LogP) is 1.90. The lowest BCUT2D eigenvalue weighted by atomic mass is 10.2. The van der Waals surface area contributed by atoms with E-state index in [4.69, 9.17) is 5.11 Å². The van der Waals surface area contributed by atoms with Crippen molar-refractivity contribution in [1.82, 2.24) is 0 Å². The van der Waals surface area contributed by atoms with Gasteiger partial charge in [-0.05, 0) is 12.1 Å². The van der Waals surface area contributed by atoms with Gasteiger partial charge in [-0.15, -0.1) is 11.8 Å². The molecule has 2 rings (SSSR count). The largest absolute Gasteiger partial charge is 0.478 e. The van der Waals surface area contributed by atoms with Crippen LogP contribution < -0.4 is 5.32 Å². The lowest BCUT2D eigenvalue weighted by molar-refractivity contribution is 0.0697. The summed E-state index contributed by atoms with van der Waals surface area (Å²) in [5.41, 5.74) is 1.14. The SMILES string of the molecule is O=C(O)c1cccc2c1NCCS2. The fourth-order valence-corrected chi connectivity index (χ4v) is 2.27. The van der Waals surface area contributed by atoms with E-state index in [0.717, 1.165) is 22.9 Å². The molecule has 3 nitrogen and oxygen atoms in total. The lowest BCUT2D eigenvalue weighted by Crippen LogP contribution is -2.14. The summed E-state index contributed by atoms with van der Waals surface area (Å²) >= 11 is 1.69. The quantitative estimate of drug-likeness (QED) is 0.718. The van der Waals surface area contributed by atoms with E-state index >= 15 is 0 Å². The Morgan fingerprint density at radius 2 is 2.38 bits per heavy atom. The normalized spacial score (nSPS) is 14.5. The van der Waals surface area contributed by atoms with Gasteiger partial charge >= 0.3 is 5.97 Å². The summed E-state index contributed by atoms with van der Waals surface area (Å²) in [6.45, 7) is 0.835. The predicted molar refractivity (Wildman–Crippen MR) is 52.6 cm³/mol. The average Bonchev–Trinajstić information content (AvgIpc) is 2.17. The van der Waals surface area contributed by atoms with Crippen LogP contribution in [0.15, 0.2) is 23.1 Å². The number of para-hydroxylation sites is 1. The Morgan fingerprint density at radius 3 is 3.15 bits per heavy atom. The van der Waals surface area contributed by atoms with Crippen LogP contribution in [-0.2, 0) is 0 Å². The van der Waals surface area contributed by atoms with E-state index < -0.39 is 5.97 Å². The molecule has 2 N–H and O–H groups in total. The second kappa shape index (κ2) is 3.30. The monoisotopic (exact) mass is 195 g/mol. The van der Waals surface area contributed by atoms with Gasteiger partial charge in [0.05, 0.1) is 11.3 Å². The number of hydrogen-bond acceptors (Lipinski definition) is 3. The maximum absolute atomic E-state index is 10.8. The van der Waals surface area contributed by atoms with Crippen LogP contribution in [0.5, 0.6) is 0 Å². The number of carbonyl (C=O) groups is 1. The first kappa shape index (κ1) is 8.44. The van der Waals surface area contributed by atoms with Crippen LogP contribution in [0.1, 0.15) is 10.4 Å². The van der Waals surface area contributed by atoms with Gasteiger partial charge in [0, 0.05) is 17.2 Å². The third-order valence-corrected chi connectivity index (χ3v) is 2.98. The summed E-state index contributed by atoms with van der Waals surface area (Å²) in [6, 6.07) is 5.35. The van der Waals surface area contributed by atoms with Crippen LogP contribution in [0.25, 0.3) is 0 Å². The highest BCUT2D eigenvalue weighted by Crippen LogP contribution is 2.33. The van der Waals surface area contributed by atoms with E-state index in [-0.39, 0.29) is 0 Å². The second-order valence-corrected chi connectivity index (χ2v) is 3.90. The van der Waals surface area contributed by atoms with Crippen LogP contribution in [0.2, 0.25) is 0 Å². The van der Waals surface area contributed by atoms with Crippen molar-refractivity contribution < 1.29 is 9.90 Å². The Morgan fingerprint density at radius 1 is 1.54 bits per heavy atom. The molecule has 0 saturated carbocycles. The van der Waals surface area contributed by atoms with Crippen LogP contribution in [0, 0.1) is 0 Å². The molecule has 0 radical (unpaired) electrons. The zero-order valence-corrected chi connectivity index (χ0v) is 7.73. The molecule has 0 atom stereocenters. The Hall–Kier alpha value is -1.16. The smallest absolute Gasteiger partial charge is 0.337 e. The highest BCUT2D eigenvalue weighted by Gasteiger charge is 2.16. The minimum Gasteiger partial charge on any atom is -0.478 e. The molecule has 0 spiro atoms. The average molecular weight is 195 g/mol. The number of carboxylic acid groups (broad SMARTS) is 1. The molecular weight excluding hydrogens is 186 g/mol. The van der Waals surface area contributed by atoms with Gasteiger partial charge in [-0.25, -0.2) is 4.79 Å². The molecule has 1 heterocycles. The molecule has 0 aromatic heterocycles. The summed E-state index contributed by atoms with van der Waals surface area (Å²) in [7, 11) is 0. The molecule has 1 aliphatic heterocycles. The Kier molecular flexibility index (Phi) is 2.14. The van der Waals surface area contributed by atoms with Gasteiger partial charge in [0.15, 0.2) is 0 Å². The van der Waals surface area contributed by atoms with Crippen LogP contribution in [0.4, 0.5) is 5.69 Å². The highest BCUT2D eigenvalue weighted by molar-refractivity contribution is 7.99. The van der Waals surface area contributed by atoms with E-state index in [1.807, 2.05) is 6.07 Å². The number of fused-ring (bicyclic) bond motifs is 1. The fourth-order valence-electron chi connectivity index (χ4n) is 1.35. The summed E-state index contributed by atoms with van der Waals surface area (Å²) in [4.78, 5) is 11.9. The number of aromatic carboxylic acids is 1. The maximum atomic E-state index is 10.8. The third kappa shape index (κ3) is 1.49. The van der Waals surface area contributed by atoms with E-state index in [0.29, 0.717) is 5.56 Å². The number of anilines is 1. The number of rotatable bonds is 1. The van der Waals surface area contributed by atoms with Gasteiger partial charge in [0.25, 0.3) is 0 Å². The minimum absolute atomic E-state index is 0.365. The molecule has 13 heavy (non-hydrogen) atoms. The van der Waals surface area contributed by atoms with Crippen LogP contribution in [0.3, 0.4) is 0 Å². The van der Waals surface area contributed by atoms with Gasteiger partial charge in [0.1, 0.15) is 0 Å². The lowest BCUT2D eigenvalue weighted by Gasteiger charge is -2.18. The van der Waals surface area contributed by atoms with Gasteiger partial charge in [-0.3, -0.25) is 0 Å². The van der Waals surface area contributed by atoms with Crippen molar-refractivity contribution >= 4 is 23.4 Å². The number of hydrogen-bond donors (Lipinski definition) is 2. The van der Waals surface area contributed by atoms with Crippen LogP contribution >= 0.6 is 11.8 Å². The van der Waals surface area contributed by atoms with E-state index in [9.17, 15) is 4.79 Å². The van der Waals surface area contributed by atoms with Crippen molar-refractivity contribution in [3.8, 4) is 0 Å². The van der Waals surface area contributed by atoms with Gasteiger partial charge < -0.3 is 10.4 Å². The summed E-state index contributed by atoms with van der Waals surface area (Å²) < 4.78 is 0. The highest BCUT2D eigenvalue weighted by atomic mass is 32.2. The van der Waals surface area contributed by atoms with E-state index in [1.54, 1.807) is 23.9 Å². The molecule has 0 saturated heterocycles. The molecule has 1 aromatic carbocycles. The number of nitrogens with one attached hydrogen (secondary N) is 1. The van der Waals surface area contributed by atoms with E-state index in [1.165, 1.54) is 0 Å². The third-order valence-electron chi connectivity index (χ3n) is 1.92. The molecule has 4 heteroatoms. The molecule has 0 amide bonds.